The normalized spacial score (nSPS) is 30.3. The lowest BCUT2D eigenvalue weighted by atomic mass is 9.93. The summed E-state index contributed by atoms with van der Waals surface area (Å²) in [6.07, 6.45) is 6.97. The van der Waals surface area contributed by atoms with Gasteiger partial charge in [-0.2, -0.15) is 5.26 Å². The summed E-state index contributed by atoms with van der Waals surface area (Å²) in [6, 6.07) is 2.93. The first-order valence-electron chi connectivity index (χ1n) is 6.40. The van der Waals surface area contributed by atoms with Crippen LogP contribution in [0.15, 0.2) is 0 Å². The van der Waals surface area contributed by atoms with E-state index in [0.29, 0.717) is 6.42 Å². The van der Waals surface area contributed by atoms with Crippen molar-refractivity contribution in [2.45, 2.75) is 58.4 Å². The Morgan fingerprint density at radius 1 is 1.33 bits per heavy atom. The van der Waals surface area contributed by atoms with Crippen LogP contribution < -0.4 is 5.32 Å². The number of rotatable bonds is 6. The molecule has 0 aliphatic heterocycles. The van der Waals surface area contributed by atoms with Crippen LogP contribution in [0, 0.1) is 23.2 Å². The van der Waals surface area contributed by atoms with E-state index in [-0.39, 0.29) is 0 Å². The molecule has 2 heteroatoms. The van der Waals surface area contributed by atoms with E-state index in [1.165, 1.54) is 19.3 Å². The van der Waals surface area contributed by atoms with E-state index in [4.69, 9.17) is 5.26 Å². The van der Waals surface area contributed by atoms with Gasteiger partial charge in [0.05, 0.1) is 6.07 Å². The second kappa shape index (κ2) is 6.85. The molecule has 1 aliphatic carbocycles. The second-order valence-corrected chi connectivity index (χ2v) is 4.78. The third-order valence-electron chi connectivity index (χ3n) is 3.87. The second-order valence-electron chi connectivity index (χ2n) is 4.78. The van der Waals surface area contributed by atoms with Gasteiger partial charge in [-0.3, -0.25) is 0 Å². The van der Waals surface area contributed by atoms with Crippen LogP contribution in [0.3, 0.4) is 0 Å². The van der Waals surface area contributed by atoms with Gasteiger partial charge in [-0.1, -0.05) is 20.3 Å². The standard InChI is InChI=1S/C13H24N2/c1-3-12-7-8-13(11(12)2)15-10-6-4-5-9-14/h11-13,15H,3-8,10H2,1-2H3. The highest BCUT2D eigenvalue weighted by molar-refractivity contribution is 4.86. The molecule has 0 heterocycles. The van der Waals surface area contributed by atoms with Gasteiger partial charge in [0.25, 0.3) is 0 Å². The molecule has 3 unspecified atom stereocenters. The summed E-state index contributed by atoms with van der Waals surface area (Å²) < 4.78 is 0. The van der Waals surface area contributed by atoms with Crippen LogP contribution in [0.4, 0.5) is 0 Å². The number of nitrogens with zero attached hydrogens (tertiary/aromatic N) is 1. The molecule has 1 N–H and O–H groups in total. The van der Waals surface area contributed by atoms with Crippen LogP contribution in [0.25, 0.3) is 0 Å². The number of nitriles is 1. The van der Waals surface area contributed by atoms with Gasteiger partial charge in [0.2, 0.25) is 0 Å². The van der Waals surface area contributed by atoms with Crippen molar-refractivity contribution in [3.63, 3.8) is 0 Å². The first-order chi connectivity index (χ1) is 7.29. The zero-order valence-electron chi connectivity index (χ0n) is 10.1. The molecule has 1 aliphatic rings. The molecular formula is C13H24N2. The molecule has 1 fully saturated rings. The van der Waals surface area contributed by atoms with Gasteiger partial charge in [-0.25, -0.2) is 0 Å². The van der Waals surface area contributed by atoms with Gasteiger partial charge >= 0.3 is 0 Å². The molecule has 1 rings (SSSR count). The molecule has 2 nitrogen and oxygen atoms in total. The van der Waals surface area contributed by atoms with Gasteiger partial charge in [0.1, 0.15) is 0 Å². The third kappa shape index (κ3) is 3.83. The van der Waals surface area contributed by atoms with Crippen molar-refractivity contribution < 1.29 is 0 Å². The quantitative estimate of drug-likeness (QED) is 0.681. The molecule has 0 spiro atoms. The Morgan fingerprint density at radius 3 is 2.73 bits per heavy atom. The highest BCUT2D eigenvalue weighted by atomic mass is 14.9. The fourth-order valence-corrected chi connectivity index (χ4v) is 2.73. The average molecular weight is 208 g/mol. The summed E-state index contributed by atoms with van der Waals surface area (Å²) in [5.74, 6) is 1.77. The Labute approximate surface area is 94.1 Å². The highest BCUT2D eigenvalue weighted by Crippen LogP contribution is 2.33. The molecule has 15 heavy (non-hydrogen) atoms. The number of nitrogens with one attached hydrogen (secondary N) is 1. The van der Waals surface area contributed by atoms with Gasteiger partial charge in [-0.15, -0.1) is 0 Å². The monoisotopic (exact) mass is 208 g/mol. The fourth-order valence-electron chi connectivity index (χ4n) is 2.73. The Morgan fingerprint density at radius 2 is 2.13 bits per heavy atom. The lowest BCUT2D eigenvalue weighted by Crippen LogP contribution is -2.33. The molecule has 0 aromatic heterocycles. The molecule has 86 valence electrons. The fraction of sp³-hybridized carbons (Fsp3) is 0.923. The average Bonchev–Trinajstić information content (AvgIpc) is 2.60. The molecule has 0 bridgehead atoms. The first kappa shape index (κ1) is 12.5. The number of hydrogen-bond donors (Lipinski definition) is 1. The molecule has 0 aromatic rings. The smallest absolute Gasteiger partial charge is 0.0621 e. The largest absolute Gasteiger partial charge is 0.314 e. The van der Waals surface area contributed by atoms with Crippen LogP contribution in [0.2, 0.25) is 0 Å². The Balaban J connectivity index is 2.10. The zero-order chi connectivity index (χ0) is 11.1. The molecule has 0 aromatic carbocycles. The number of hydrogen-bond acceptors (Lipinski definition) is 2. The Hall–Kier alpha value is -0.550. The summed E-state index contributed by atoms with van der Waals surface area (Å²) in [7, 11) is 0. The predicted molar refractivity (Wildman–Crippen MR) is 63.4 cm³/mol. The summed E-state index contributed by atoms with van der Waals surface area (Å²) in [4.78, 5) is 0. The molecule has 3 atom stereocenters. The summed E-state index contributed by atoms with van der Waals surface area (Å²) in [5.41, 5.74) is 0. The first-order valence-corrected chi connectivity index (χ1v) is 6.40. The molecule has 0 radical (unpaired) electrons. The zero-order valence-corrected chi connectivity index (χ0v) is 10.1. The van der Waals surface area contributed by atoms with E-state index in [9.17, 15) is 0 Å². The lowest BCUT2D eigenvalue weighted by Gasteiger charge is -2.20. The predicted octanol–water partition coefficient (Wildman–Crippen LogP) is 3.09. The van der Waals surface area contributed by atoms with E-state index in [2.05, 4.69) is 25.2 Å². The molecule has 0 amide bonds. The molecule has 1 saturated carbocycles. The topological polar surface area (TPSA) is 35.8 Å². The lowest BCUT2D eigenvalue weighted by molar-refractivity contribution is 0.344. The maximum Gasteiger partial charge on any atom is 0.0621 e. The highest BCUT2D eigenvalue weighted by Gasteiger charge is 2.30. The maximum absolute atomic E-state index is 8.42. The van der Waals surface area contributed by atoms with Crippen molar-refractivity contribution >= 4 is 0 Å². The van der Waals surface area contributed by atoms with E-state index in [0.717, 1.165) is 37.3 Å². The Kier molecular flexibility index (Phi) is 5.71. The van der Waals surface area contributed by atoms with Gasteiger partial charge in [0.15, 0.2) is 0 Å². The van der Waals surface area contributed by atoms with Crippen molar-refractivity contribution in [2.24, 2.45) is 11.8 Å². The van der Waals surface area contributed by atoms with E-state index >= 15 is 0 Å². The molecular weight excluding hydrogens is 184 g/mol. The van der Waals surface area contributed by atoms with Crippen LogP contribution in [0.5, 0.6) is 0 Å². The van der Waals surface area contributed by atoms with Crippen molar-refractivity contribution in [2.75, 3.05) is 6.54 Å². The molecule has 0 saturated heterocycles. The van der Waals surface area contributed by atoms with E-state index < -0.39 is 0 Å². The third-order valence-corrected chi connectivity index (χ3v) is 3.87. The minimum atomic E-state index is 0.708. The van der Waals surface area contributed by atoms with Crippen molar-refractivity contribution in [1.82, 2.24) is 5.32 Å². The van der Waals surface area contributed by atoms with Gasteiger partial charge < -0.3 is 5.32 Å². The van der Waals surface area contributed by atoms with Gasteiger partial charge in [0, 0.05) is 12.5 Å². The Bertz CT molecular complexity index is 207. The van der Waals surface area contributed by atoms with Crippen molar-refractivity contribution in [3.8, 4) is 6.07 Å². The van der Waals surface area contributed by atoms with Crippen LogP contribution in [-0.2, 0) is 0 Å². The minimum Gasteiger partial charge on any atom is -0.314 e. The van der Waals surface area contributed by atoms with Crippen molar-refractivity contribution in [1.29, 1.82) is 5.26 Å². The van der Waals surface area contributed by atoms with E-state index in [1.807, 2.05) is 0 Å². The maximum atomic E-state index is 8.42. The van der Waals surface area contributed by atoms with Crippen molar-refractivity contribution in [3.05, 3.63) is 0 Å². The van der Waals surface area contributed by atoms with Crippen LogP contribution in [-0.4, -0.2) is 12.6 Å². The number of unbranched alkanes of at least 4 members (excludes halogenated alkanes) is 2. The van der Waals surface area contributed by atoms with E-state index in [1.54, 1.807) is 0 Å². The van der Waals surface area contributed by atoms with Crippen LogP contribution in [0.1, 0.15) is 52.4 Å². The summed E-state index contributed by atoms with van der Waals surface area (Å²) in [5, 5.41) is 12.1. The minimum absolute atomic E-state index is 0.708. The summed E-state index contributed by atoms with van der Waals surface area (Å²) >= 11 is 0. The summed E-state index contributed by atoms with van der Waals surface area (Å²) in [6.45, 7) is 5.78. The SMILES string of the molecule is CCC1CCC(NCCCCC#N)C1C. The van der Waals surface area contributed by atoms with Crippen LogP contribution >= 0.6 is 0 Å². The van der Waals surface area contributed by atoms with Gasteiger partial charge in [-0.05, 0) is 44.1 Å².